The SMILES string of the molecule is O=S(=O)(c1cnc(Cl)c(Cl)c1)N1CCN(c2ccccc2F)CC1. The first-order valence-corrected chi connectivity index (χ1v) is 9.40. The van der Waals surface area contributed by atoms with E-state index in [9.17, 15) is 12.8 Å². The van der Waals surface area contributed by atoms with Gasteiger partial charge in [0.25, 0.3) is 0 Å². The summed E-state index contributed by atoms with van der Waals surface area (Å²) in [5, 5.41) is 0.141. The molecule has 1 fully saturated rings. The maximum absolute atomic E-state index is 13.8. The van der Waals surface area contributed by atoms with Crippen LogP contribution in [0.2, 0.25) is 10.2 Å². The number of sulfonamides is 1. The van der Waals surface area contributed by atoms with E-state index in [0.717, 1.165) is 0 Å². The third-order valence-corrected chi connectivity index (χ3v) is 6.39. The molecule has 5 nitrogen and oxygen atoms in total. The fourth-order valence-corrected chi connectivity index (χ4v) is 4.30. The fraction of sp³-hybridized carbons (Fsp3) is 0.267. The molecule has 2 aromatic rings. The molecule has 3 rings (SSSR count). The molecule has 24 heavy (non-hydrogen) atoms. The summed E-state index contributed by atoms with van der Waals surface area (Å²) in [5.41, 5.74) is 0.478. The van der Waals surface area contributed by atoms with Gasteiger partial charge < -0.3 is 4.90 Å². The van der Waals surface area contributed by atoms with Crippen LogP contribution in [0.1, 0.15) is 0 Å². The summed E-state index contributed by atoms with van der Waals surface area (Å²) in [5.74, 6) is -0.317. The Hall–Kier alpha value is -1.41. The van der Waals surface area contributed by atoms with Gasteiger partial charge in [-0.25, -0.2) is 17.8 Å². The van der Waals surface area contributed by atoms with Crippen molar-refractivity contribution < 1.29 is 12.8 Å². The van der Waals surface area contributed by atoms with E-state index < -0.39 is 10.0 Å². The van der Waals surface area contributed by atoms with Gasteiger partial charge in [-0.15, -0.1) is 0 Å². The molecule has 1 aliphatic rings. The van der Waals surface area contributed by atoms with Crippen LogP contribution in [0.25, 0.3) is 0 Å². The Morgan fingerprint density at radius 3 is 2.38 bits per heavy atom. The molecule has 1 aromatic carbocycles. The zero-order valence-corrected chi connectivity index (χ0v) is 14.8. The molecule has 0 bridgehead atoms. The van der Waals surface area contributed by atoms with Gasteiger partial charge >= 0.3 is 0 Å². The zero-order chi connectivity index (χ0) is 17.3. The summed E-state index contributed by atoms with van der Waals surface area (Å²) in [6, 6.07) is 7.73. The molecule has 1 aromatic heterocycles. The number of anilines is 1. The maximum Gasteiger partial charge on any atom is 0.244 e. The number of para-hydroxylation sites is 1. The van der Waals surface area contributed by atoms with Crippen molar-refractivity contribution in [3.05, 3.63) is 52.5 Å². The Balaban J connectivity index is 1.76. The second-order valence-corrected chi connectivity index (χ2v) is 7.99. The van der Waals surface area contributed by atoms with Crippen LogP contribution in [0.3, 0.4) is 0 Å². The normalized spacial score (nSPS) is 16.4. The molecule has 0 spiro atoms. The molecule has 0 radical (unpaired) electrons. The fourth-order valence-electron chi connectivity index (χ4n) is 2.57. The van der Waals surface area contributed by atoms with Gasteiger partial charge in [0.05, 0.1) is 10.7 Å². The van der Waals surface area contributed by atoms with E-state index >= 15 is 0 Å². The molecule has 0 aliphatic carbocycles. The van der Waals surface area contributed by atoms with Gasteiger partial charge in [-0.3, -0.25) is 0 Å². The van der Waals surface area contributed by atoms with Crippen LogP contribution in [0, 0.1) is 5.82 Å². The van der Waals surface area contributed by atoms with Crippen LogP contribution < -0.4 is 4.90 Å². The lowest BCUT2D eigenvalue weighted by Crippen LogP contribution is -2.48. The molecule has 1 aliphatic heterocycles. The number of hydrogen-bond acceptors (Lipinski definition) is 4. The number of halogens is 3. The average Bonchev–Trinajstić information content (AvgIpc) is 2.58. The van der Waals surface area contributed by atoms with Crippen molar-refractivity contribution in [1.82, 2.24) is 9.29 Å². The summed E-state index contributed by atoms with van der Waals surface area (Å²) in [4.78, 5) is 5.61. The Kier molecular flexibility index (Phi) is 4.96. The maximum atomic E-state index is 13.8. The van der Waals surface area contributed by atoms with Crippen molar-refractivity contribution in [1.29, 1.82) is 0 Å². The standard InChI is InChI=1S/C15H14Cl2FN3O2S/c16-12-9-11(10-19-15(12)17)24(22,23)21-7-5-20(6-8-21)14-4-2-1-3-13(14)18/h1-4,9-10H,5-8H2. The number of piperazine rings is 1. The van der Waals surface area contributed by atoms with Crippen molar-refractivity contribution in [2.75, 3.05) is 31.1 Å². The van der Waals surface area contributed by atoms with Crippen molar-refractivity contribution in [3.63, 3.8) is 0 Å². The number of rotatable bonds is 3. The largest absolute Gasteiger partial charge is 0.367 e. The average molecular weight is 390 g/mol. The quantitative estimate of drug-likeness (QED) is 0.757. The first-order valence-electron chi connectivity index (χ1n) is 7.20. The van der Waals surface area contributed by atoms with Gasteiger partial charge in [-0.2, -0.15) is 4.31 Å². The van der Waals surface area contributed by atoms with Crippen LogP contribution in [0.4, 0.5) is 10.1 Å². The predicted octanol–water partition coefficient (Wildman–Crippen LogP) is 3.04. The van der Waals surface area contributed by atoms with E-state index in [4.69, 9.17) is 23.2 Å². The Labute approximate surface area is 149 Å². The molecule has 0 atom stereocenters. The highest BCUT2D eigenvalue weighted by Crippen LogP contribution is 2.26. The molecule has 0 unspecified atom stereocenters. The number of aromatic nitrogens is 1. The highest BCUT2D eigenvalue weighted by Gasteiger charge is 2.29. The minimum atomic E-state index is -3.71. The second kappa shape index (κ2) is 6.84. The van der Waals surface area contributed by atoms with Gasteiger partial charge in [0.15, 0.2) is 0 Å². The molecule has 0 saturated carbocycles. The molecule has 9 heteroatoms. The molecular weight excluding hydrogens is 376 g/mol. The van der Waals surface area contributed by atoms with Gasteiger partial charge in [0.1, 0.15) is 15.9 Å². The molecule has 2 heterocycles. The topological polar surface area (TPSA) is 53.5 Å². The van der Waals surface area contributed by atoms with Crippen LogP contribution in [-0.2, 0) is 10.0 Å². The lowest BCUT2D eigenvalue weighted by atomic mass is 10.2. The van der Waals surface area contributed by atoms with Crippen LogP contribution in [0.15, 0.2) is 41.4 Å². The third kappa shape index (κ3) is 3.35. The highest BCUT2D eigenvalue weighted by atomic mass is 35.5. The minimum Gasteiger partial charge on any atom is -0.367 e. The van der Waals surface area contributed by atoms with E-state index in [2.05, 4.69) is 4.98 Å². The smallest absolute Gasteiger partial charge is 0.244 e. The number of benzene rings is 1. The van der Waals surface area contributed by atoms with E-state index in [0.29, 0.717) is 18.8 Å². The van der Waals surface area contributed by atoms with Gasteiger partial charge in [0.2, 0.25) is 10.0 Å². The van der Waals surface area contributed by atoms with Crippen molar-refractivity contribution in [2.45, 2.75) is 4.90 Å². The summed E-state index contributed by atoms with van der Waals surface area (Å²) >= 11 is 11.6. The highest BCUT2D eigenvalue weighted by molar-refractivity contribution is 7.89. The Bertz CT molecular complexity index is 856. The van der Waals surface area contributed by atoms with Crippen LogP contribution in [-0.4, -0.2) is 43.9 Å². The van der Waals surface area contributed by atoms with Gasteiger partial charge in [-0.1, -0.05) is 35.3 Å². The van der Waals surface area contributed by atoms with Crippen LogP contribution in [0.5, 0.6) is 0 Å². The number of nitrogens with zero attached hydrogens (tertiary/aromatic N) is 3. The first kappa shape index (κ1) is 17.4. The number of pyridine rings is 1. The van der Waals surface area contributed by atoms with E-state index in [1.54, 1.807) is 18.2 Å². The van der Waals surface area contributed by atoms with Gasteiger partial charge in [0, 0.05) is 32.4 Å². The molecule has 128 valence electrons. The van der Waals surface area contributed by atoms with E-state index in [-0.39, 0.29) is 34.0 Å². The summed E-state index contributed by atoms with van der Waals surface area (Å²) in [6.45, 7) is 1.29. The van der Waals surface area contributed by atoms with E-state index in [1.165, 1.54) is 22.6 Å². The third-order valence-electron chi connectivity index (χ3n) is 3.84. The number of hydrogen-bond donors (Lipinski definition) is 0. The van der Waals surface area contributed by atoms with Gasteiger partial charge in [-0.05, 0) is 18.2 Å². The summed E-state index contributed by atoms with van der Waals surface area (Å²) < 4.78 is 40.5. The van der Waals surface area contributed by atoms with Crippen molar-refractivity contribution >= 4 is 38.9 Å². The molecular formula is C15H14Cl2FN3O2S. The van der Waals surface area contributed by atoms with E-state index in [1.807, 2.05) is 4.90 Å². The lowest BCUT2D eigenvalue weighted by Gasteiger charge is -2.35. The zero-order valence-electron chi connectivity index (χ0n) is 12.5. The van der Waals surface area contributed by atoms with Crippen LogP contribution >= 0.6 is 23.2 Å². The summed E-state index contributed by atoms with van der Waals surface area (Å²) in [7, 11) is -3.71. The molecule has 0 amide bonds. The first-order chi connectivity index (χ1) is 11.4. The van der Waals surface area contributed by atoms with Crippen molar-refractivity contribution in [2.24, 2.45) is 0 Å². The lowest BCUT2D eigenvalue weighted by molar-refractivity contribution is 0.383. The Morgan fingerprint density at radius 2 is 1.75 bits per heavy atom. The predicted molar refractivity (Wildman–Crippen MR) is 91.6 cm³/mol. The molecule has 1 saturated heterocycles. The molecule has 0 N–H and O–H groups in total. The minimum absolute atomic E-state index is 0.00348. The summed E-state index contributed by atoms with van der Waals surface area (Å²) in [6.07, 6.45) is 1.19. The van der Waals surface area contributed by atoms with Crippen molar-refractivity contribution in [3.8, 4) is 0 Å². The monoisotopic (exact) mass is 389 g/mol. The second-order valence-electron chi connectivity index (χ2n) is 5.29. The Morgan fingerprint density at radius 1 is 1.08 bits per heavy atom.